The number of hydrogen-bond acceptors (Lipinski definition) is 4. The van der Waals surface area contributed by atoms with E-state index in [1.165, 1.54) is 9.71 Å². The molecule has 0 aliphatic carbocycles. The molecule has 0 atom stereocenters. The number of aromatic nitrogens is 2. The molecular formula is C24H25ClN4O3S. The lowest BCUT2D eigenvalue weighted by molar-refractivity contribution is 0.0698. The van der Waals surface area contributed by atoms with Crippen molar-refractivity contribution in [3.05, 3.63) is 87.5 Å². The molecule has 1 aliphatic rings. The summed E-state index contributed by atoms with van der Waals surface area (Å²) in [5, 5.41) is 6.28. The van der Waals surface area contributed by atoms with Crippen molar-refractivity contribution in [2.45, 2.75) is 13.8 Å². The SMILES string of the molecule is Cc1nn(-c2ccc(C(=O)N3CCN(S(=O)(=O)/C=C/c4ccccc4)CC3)cc2)c(C)c1Cl. The number of halogens is 1. The molecule has 0 N–H and O–H groups in total. The minimum Gasteiger partial charge on any atom is -0.336 e. The van der Waals surface area contributed by atoms with Crippen LogP contribution in [0.15, 0.2) is 60.0 Å². The van der Waals surface area contributed by atoms with Crippen LogP contribution in [0.25, 0.3) is 11.8 Å². The van der Waals surface area contributed by atoms with Gasteiger partial charge in [0.15, 0.2) is 0 Å². The Morgan fingerprint density at radius 3 is 2.18 bits per heavy atom. The van der Waals surface area contributed by atoms with Crippen molar-refractivity contribution in [3.8, 4) is 5.69 Å². The molecule has 0 spiro atoms. The molecular weight excluding hydrogens is 460 g/mol. The maximum absolute atomic E-state index is 12.9. The van der Waals surface area contributed by atoms with Crippen molar-refractivity contribution in [3.63, 3.8) is 0 Å². The second-order valence-corrected chi connectivity index (χ2v) is 10.1. The summed E-state index contributed by atoms with van der Waals surface area (Å²) in [6, 6.07) is 16.5. The van der Waals surface area contributed by atoms with Gasteiger partial charge in [0, 0.05) is 37.2 Å². The smallest absolute Gasteiger partial charge is 0.253 e. The molecule has 1 fully saturated rings. The predicted octanol–water partition coefficient (Wildman–Crippen LogP) is 3.90. The molecule has 172 valence electrons. The monoisotopic (exact) mass is 484 g/mol. The molecule has 0 radical (unpaired) electrons. The number of carbonyl (C=O) groups is 1. The third-order valence-corrected chi connectivity index (χ3v) is 7.79. The van der Waals surface area contributed by atoms with E-state index < -0.39 is 10.0 Å². The zero-order valence-electron chi connectivity index (χ0n) is 18.5. The summed E-state index contributed by atoms with van der Waals surface area (Å²) >= 11 is 6.23. The average Bonchev–Trinajstić information content (AvgIpc) is 3.10. The van der Waals surface area contributed by atoms with Crippen molar-refractivity contribution in [2.75, 3.05) is 26.2 Å². The molecule has 0 bridgehead atoms. The lowest BCUT2D eigenvalue weighted by Crippen LogP contribution is -2.50. The normalized spacial score (nSPS) is 15.3. The highest BCUT2D eigenvalue weighted by Crippen LogP contribution is 2.23. The van der Waals surface area contributed by atoms with Crippen LogP contribution in [-0.4, -0.2) is 59.5 Å². The Kier molecular flexibility index (Phi) is 6.69. The molecule has 33 heavy (non-hydrogen) atoms. The largest absolute Gasteiger partial charge is 0.336 e. The molecule has 3 aromatic rings. The highest BCUT2D eigenvalue weighted by Gasteiger charge is 2.28. The van der Waals surface area contributed by atoms with Crippen molar-refractivity contribution in [2.24, 2.45) is 0 Å². The highest BCUT2D eigenvalue weighted by atomic mass is 35.5. The van der Waals surface area contributed by atoms with Gasteiger partial charge in [0.05, 0.1) is 22.1 Å². The van der Waals surface area contributed by atoms with Crippen LogP contribution in [0, 0.1) is 13.8 Å². The van der Waals surface area contributed by atoms with E-state index >= 15 is 0 Å². The quantitative estimate of drug-likeness (QED) is 0.550. The molecule has 1 aliphatic heterocycles. The summed E-state index contributed by atoms with van der Waals surface area (Å²) in [5.74, 6) is -0.121. The Labute approximate surface area is 198 Å². The molecule has 1 amide bonds. The van der Waals surface area contributed by atoms with Gasteiger partial charge in [0.2, 0.25) is 10.0 Å². The summed E-state index contributed by atoms with van der Waals surface area (Å²) in [4.78, 5) is 14.6. The van der Waals surface area contributed by atoms with Crippen molar-refractivity contribution in [1.29, 1.82) is 0 Å². The van der Waals surface area contributed by atoms with E-state index in [9.17, 15) is 13.2 Å². The average molecular weight is 485 g/mol. The Morgan fingerprint density at radius 2 is 1.61 bits per heavy atom. The number of benzene rings is 2. The number of amides is 1. The lowest BCUT2D eigenvalue weighted by Gasteiger charge is -2.33. The zero-order valence-corrected chi connectivity index (χ0v) is 20.1. The van der Waals surface area contributed by atoms with E-state index in [1.807, 2.05) is 56.3 Å². The van der Waals surface area contributed by atoms with Crippen LogP contribution in [0.4, 0.5) is 0 Å². The highest BCUT2D eigenvalue weighted by molar-refractivity contribution is 7.92. The van der Waals surface area contributed by atoms with Crippen LogP contribution in [0.2, 0.25) is 5.02 Å². The van der Waals surface area contributed by atoms with Crippen molar-refractivity contribution in [1.82, 2.24) is 19.0 Å². The first kappa shape index (κ1) is 23.2. The van der Waals surface area contributed by atoms with Crippen LogP contribution >= 0.6 is 11.6 Å². The van der Waals surface area contributed by atoms with Gasteiger partial charge >= 0.3 is 0 Å². The maximum Gasteiger partial charge on any atom is 0.253 e. The van der Waals surface area contributed by atoms with Gasteiger partial charge in [0.25, 0.3) is 5.91 Å². The predicted molar refractivity (Wildman–Crippen MR) is 130 cm³/mol. The van der Waals surface area contributed by atoms with Gasteiger partial charge in [-0.25, -0.2) is 13.1 Å². The van der Waals surface area contributed by atoms with Gasteiger partial charge in [-0.1, -0.05) is 41.9 Å². The summed E-state index contributed by atoms with van der Waals surface area (Å²) in [6.07, 6.45) is 1.59. The topological polar surface area (TPSA) is 75.5 Å². The minimum atomic E-state index is -3.54. The number of aryl methyl sites for hydroxylation is 1. The first-order valence-corrected chi connectivity index (χ1v) is 12.5. The molecule has 2 aromatic carbocycles. The fourth-order valence-electron chi connectivity index (χ4n) is 3.76. The number of nitrogens with zero attached hydrogens (tertiary/aromatic N) is 4. The standard InChI is InChI=1S/C24H25ClN4O3S/c1-18-23(25)19(2)29(26-18)22-10-8-21(9-11-22)24(30)27-13-15-28(16-14-27)33(31,32)17-12-20-6-4-3-5-7-20/h3-12,17H,13-16H2,1-2H3/b17-12+. The summed E-state index contributed by atoms with van der Waals surface area (Å²) < 4.78 is 28.5. The van der Waals surface area contributed by atoms with E-state index in [-0.39, 0.29) is 19.0 Å². The van der Waals surface area contributed by atoms with Crippen LogP contribution < -0.4 is 0 Å². The Morgan fingerprint density at radius 1 is 0.970 bits per heavy atom. The van der Waals surface area contributed by atoms with Gasteiger partial charge in [-0.15, -0.1) is 0 Å². The molecule has 7 nitrogen and oxygen atoms in total. The van der Waals surface area contributed by atoms with Crippen LogP contribution in [0.3, 0.4) is 0 Å². The fraction of sp³-hybridized carbons (Fsp3) is 0.250. The van der Waals surface area contributed by atoms with Gasteiger partial charge in [-0.05, 0) is 49.8 Å². The van der Waals surface area contributed by atoms with Gasteiger partial charge in [-0.3, -0.25) is 4.79 Å². The molecule has 0 saturated carbocycles. The summed E-state index contributed by atoms with van der Waals surface area (Å²) in [6.45, 7) is 4.94. The van der Waals surface area contributed by atoms with Gasteiger partial charge < -0.3 is 4.90 Å². The number of piperazine rings is 1. The molecule has 1 aromatic heterocycles. The van der Waals surface area contributed by atoms with Crippen LogP contribution in [0.1, 0.15) is 27.3 Å². The van der Waals surface area contributed by atoms with Gasteiger partial charge in [0.1, 0.15) is 0 Å². The minimum absolute atomic E-state index is 0.121. The molecule has 0 unspecified atom stereocenters. The molecule has 9 heteroatoms. The first-order valence-electron chi connectivity index (χ1n) is 10.6. The fourth-order valence-corrected chi connectivity index (χ4v) is 5.05. The number of sulfonamides is 1. The molecule has 2 heterocycles. The molecule has 4 rings (SSSR count). The van der Waals surface area contributed by atoms with Crippen molar-refractivity contribution >= 4 is 33.6 Å². The maximum atomic E-state index is 12.9. The Hall–Kier alpha value is -2.94. The summed E-state index contributed by atoms with van der Waals surface area (Å²) in [7, 11) is -3.54. The van der Waals surface area contributed by atoms with Crippen molar-refractivity contribution < 1.29 is 13.2 Å². The third-order valence-electron chi connectivity index (χ3n) is 5.68. The van der Waals surface area contributed by atoms with E-state index in [4.69, 9.17) is 11.6 Å². The van der Waals surface area contributed by atoms with Crippen LogP contribution in [0.5, 0.6) is 0 Å². The molecule has 1 saturated heterocycles. The second kappa shape index (κ2) is 9.51. The zero-order chi connectivity index (χ0) is 23.6. The van der Waals surface area contributed by atoms with E-state index in [2.05, 4.69) is 5.10 Å². The summed E-state index contributed by atoms with van der Waals surface area (Å²) in [5.41, 5.74) is 3.78. The van der Waals surface area contributed by atoms with E-state index in [0.717, 1.165) is 22.6 Å². The first-order chi connectivity index (χ1) is 15.8. The van der Waals surface area contributed by atoms with Gasteiger partial charge in [-0.2, -0.15) is 9.40 Å². The lowest BCUT2D eigenvalue weighted by atomic mass is 10.1. The third kappa shape index (κ3) is 5.03. The number of rotatable bonds is 5. The van der Waals surface area contributed by atoms with E-state index in [1.54, 1.807) is 27.8 Å². The number of carbonyl (C=O) groups excluding carboxylic acids is 1. The number of hydrogen-bond donors (Lipinski definition) is 0. The Balaban J connectivity index is 1.39. The Bertz CT molecular complexity index is 1280. The van der Waals surface area contributed by atoms with E-state index in [0.29, 0.717) is 23.7 Å². The van der Waals surface area contributed by atoms with Crippen LogP contribution in [-0.2, 0) is 10.0 Å². The second-order valence-electron chi connectivity index (χ2n) is 7.89.